The zero-order chi connectivity index (χ0) is 15.2. The molecule has 1 aromatic heterocycles. The van der Waals surface area contributed by atoms with Gasteiger partial charge in [0.25, 0.3) is 5.69 Å². The van der Waals surface area contributed by atoms with Gasteiger partial charge >= 0.3 is 0 Å². The Hall–Kier alpha value is -2.23. The Morgan fingerprint density at radius 3 is 2.10 bits per heavy atom. The van der Waals surface area contributed by atoms with Crippen LogP contribution in [-0.2, 0) is 6.54 Å². The van der Waals surface area contributed by atoms with E-state index < -0.39 is 0 Å². The van der Waals surface area contributed by atoms with Crippen LogP contribution in [0, 0.1) is 10.1 Å². The van der Waals surface area contributed by atoms with E-state index in [2.05, 4.69) is 42.9 Å². The van der Waals surface area contributed by atoms with Crippen molar-refractivity contribution in [2.45, 2.75) is 39.2 Å². The number of benzene rings is 1. The number of nitro groups is 1. The molecule has 2 rings (SSSR count). The second-order valence-corrected chi connectivity index (χ2v) is 5.24. The summed E-state index contributed by atoms with van der Waals surface area (Å²) in [6, 6.07) is 11.1. The van der Waals surface area contributed by atoms with Gasteiger partial charge in [-0.05, 0) is 36.5 Å². The molecule has 2 aromatic rings. The topological polar surface area (TPSA) is 47.0 Å². The van der Waals surface area contributed by atoms with E-state index >= 15 is 0 Å². The van der Waals surface area contributed by atoms with Crippen LogP contribution in [0.1, 0.15) is 43.7 Å². The molecule has 0 saturated carbocycles. The number of non-ortho nitro benzene ring substituents is 1. The third-order valence-electron chi connectivity index (χ3n) is 3.89. The van der Waals surface area contributed by atoms with Gasteiger partial charge in [-0.15, -0.1) is 0 Å². The first-order chi connectivity index (χ1) is 10.1. The lowest BCUT2D eigenvalue weighted by atomic mass is 9.95. The molecule has 21 heavy (non-hydrogen) atoms. The number of rotatable bonds is 6. The lowest BCUT2D eigenvalue weighted by Crippen LogP contribution is -2.33. The van der Waals surface area contributed by atoms with E-state index in [4.69, 9.17) is 0 Å². The Morgan fingerprint density at radius 2 is 1.62 bits per heavy atom. The summed E-state index contributed by atoms with van der Waals surface area (Å²) >= 11 is 0. The molecule has 0 N–H and O–H groups in total. The van der Waals surface area contributed by atoms with Gasteiger partial charge in [0.15, 0.2) is 18.9 Å². The van der Waals surface area contributed by atoms with Crippen molar-refractivity contribution in [1.29, 1.82) is 0 Å². The molecule has 0 unspecified atom stereocenters. The van der Waals surface area contributed by atoms with Crippen LogP contribution in [0.15, 0.2) is 48.8 Å². The monoisotopic (exact) mass is 285 g/mol. The lowest BCUT2D eigenvalue weighted by Gasteiger charge is -2.11. The maximum Gasteiger partial charge on any atom is 0.269 e. The Bertz CT molecular complexity index is 587. The van der Waals surface area contributed by atoms with Crippen LogP contribution < -0.4 is 4.57 Å². The van der Waals surface area contributed by atoms with Gasteiger partial charge in [0.1, 0.15) is 0 Å². The fourth-order valence-electron chi connectivity index (χ4n) is 2.54. The molecule has 0 bridgehead atoms. The third kappa shape index (κ3) is 3.88. The Balaban J connectivity index is 2.07. The zero-order valence-electron chi connectivity index (χ0n) is 12.5. The molecule has 4 nitrogen and oxygen atoms in total. The summed E-state index contributed by atoms with van der Waals surface area (Å²) < 4.78 is 2.09. The summed E-state index contributed by atoms with van der Waals surface area (Å²) in [4.78, 5) is 10.3. The van der Waals surface area contributed by atoms with E-state index in [1.807, 2.05) is 0 Å². The maximum atomic E-state index is 10.6. The molecular weight excluding hydrogens is 264 g/mol. The Labute approximate surface area is 125 Å². The van der Waals surface area contributed by atoms with Crippen LogP contribution in [0.2, 0.25) is 0 Å². The summed E-state index contributed by atoms with van der Waals surface area (Å²) in [7, 11) is 0. The first-order valence-electron chi connectivity index (χ1n) is 7.36. The maximum absolute atomic E-state index is 10.6. The van der Waals surface area contributed by atoms with Crippen LogP contribution in [0.5, 0.6) is 0 Å². The molecule has 0 atom stereocenters. The SMILES string of the molecule is CCC(CC)c1cc[n+](Cc2ccc([N+](=O)[O-])cc2)cc1. The molecule has 0 radical (unpaired) electrons. The molecule has 0 aliphatic heterocycles. The van der Waals surface area contributed by atoms with Crippen LogP contribution in [0.25, 0.3) is 0 Å². The van der Waals surface area contributed by atoms with Crippen molar-refractivity contribution < 1.29 is 9.49 Å². The largest absolute Gasteiger partial charge is 0.269 e. The van der Waals surface area contributed by atoms with Crippen molar-refractivity contribution >= 4 is 5.69 Å². The van der Waals surface area contributed by atoms with Gasteiger partial charge in [-0.1, -0.05) is 13.8 Å². The van der Waals surface area contributed by atoms with Gasteiger partial charge in [-0.2, -0.15) is 0 Å². The first kappa shape index (κ1) is 15.2. The molecule has 0 fully saturated rings. The Kier molecular flexibility index (Phi) is 5.04. The standard InChI is InChI=1S/C17H21N2O2/c1-3-15(4-2)16-9-11-18(12-10-16)13-14-5-7-17(8-6-14)19(20)21/h5-12,15H,3-4,13H2,1-2H3/q+1. The zero-order valence-corrected chi connectivity index (χ0v) is 12.5. The fourth-order valence-corrected chi connectivity index (χ4v) is 2.54. The smallest absolute Gasteiger partial charge is 0.258 e. The molecule has 1 heterocycles. The minimum Gasteiger partial charge on any atom is -0.258 e. The van der Waals surface area contributed by atoms with E-state index in [9.17, 15) is 10.1 Å². The number of hydrogen-bond donors (Lipinski definition) is 0. The predicted molar refractivity (Wildman–Crippen MR) is 82.2 cm³/mol. The van der Waals surface area contributed by atoms with Gasteiger partial charge in [0.05, 0.1) is 4.92 Å². The highest BCUT2D eigenvalue weighted by Gasteiger charge is 2.10. The number of nitro benzene ring substituents is 1. The molecule has 4 heteroatoms. The van der Waals surface area contributed by atoms with Crippen molar-refractivity contribution in [2.75, 3.05) is 0 Å². The summed E-state index contributed by atoms with van der Waals surface area (Å²) in [5.74, 6) is 0.624. The number of nitrogens with zero attached hydrogens (tertiary/aromatic N) is 2. The highest BCUT2D eigenvalue weighted by molar-refractivity contribution is 5.32. The van der Waals surface area contributed by atoms with E-state index in [-0.39, 0.29) is 10.6 Å². The van der Waals surface area contributed by atoms with Crippen LogP contribution in [-0.4, -0.2) is 4.92 Å². The van der Waals surface area contributed by atoms with Gasteiger partial charge in [0.2, 0.25) is 0 Å². The second kappa shape index (κ2) is 6.97. The minimum atomic E-state index is -0.374. The average Bonchev–Trinajstić information content (AvgIpc) is 2.51. The van der Waals surface area contributed by atoms with Gasteiger partial charge in [-0.25, -0.2) is 4.57 Å². The normalized spacial score (nSPS) is 10.8. The minimum absolute atomic E-state index is 0.132. The fraction of sp³-hybridized carbons (Fsp3) is 0.353. The summed E-state index contributed by atoms with van der Waals surface area (Å²) in [5.41, 5.74) is 2.56. The van der Waals surface area contributed by atoms with E-state index in [0.717, 1.165) is 24.9 Å². The van der Waals surface area contributed by atoms with E-state index in [0.29, 0.717) is 5.92 Å². The molecule has 0 aliphatic carbocycles. The van der Waals surface area contributed by atoms with E-state index in [1.54, 1.807) is 24.3 Å². The molecule has 0 saturated heterocycles. The van der Waals surface area contributed by atoms with E-state index in [1.165, 1.54) is 5.56 Å². The van der Waals surface area contributed by atoms with Crippen molar-refractivity contribution in [1.82, 2.24) is 0 Å². The van der Waals surface area contributed by atoms with Gasteiger partial charge < -0.3 is 0 Å². The lowest BCUT2D eigenvalue weighted by molar-refractivity contribution is -0.688. The second-order valence-electron chi connectivity index (χ2n) is 5.24. The summed E-state index contributed by atoms with van der Waals surface area (Å²) in [6.45, 7) is 5.15. The molecule has 0 aliphatic rings. The molecular formula is C17H21N2O2+. The van der Waals surface area contributed by atoms with Crippen molar-refractivity contribution in [3.8, 4) is 0 Å². The predicted octanol–water partition coefficient (Wildman–Crippen LogP) is 3.83. The highest BCUT2D eigenvalue weighted by atomic mass is 16.6. The van der Waals surface area contributed by atoms with Crippen molar-refractivity contribution in [3.05, 3.63) is 70.0 Å². The molecule has 110 valence electrons. The molecule has 0 spiro atoms. The van der Waals surface area contributed by atoms with Gasteiger partial charge in [0, 0.05) is 29.8 Å². The average molecular weight is 285 g/mol. The third-order valence-corrected chi connectivity index (χ3v) is 3.89. The highest BCUT2D eigenvalue weighted by Crippen LogP contribution is 2.21. The summed E-state index contributed by atoms with van der Waals surface area (Å²) in [5, 5.41) is 10.6. The summed E-state index contributed by atoms with van der Waals surface area (Å²) in [6.07, 6.45) is 6.47. The van der Waals surface area contributed by atoms with Crippen molar-refractivity contribution in [2.24, 2.45) is 0 Å². The number of aromatic nitrogens is 1. The molecule has 0 amide bonds. The number of hydrogen-bond acceptors (Lipinski definition) is 2. The van der Waals surface area contributed by atoms with Crippen LogP contribution >= 0.6 is 0 Å². The molecule has 1 aromatic carbocycles. The Morgan fingerprint density at radius 1 is 1.05 bits per heavy atom. The first-order valence-corrected chi connectivity index (χ1v) is 7.36. The van der Waals surface area contributed by atoms with Crippen LogP contribution in [0.4, 0.5) is 5.69 Å². The van der Waals surface area contributed by atoms with Gasteiger partial charge in [-0.3, -0.25) is 10.1 Å². The van der Waals surface area contributed by atoms with Crippen LogP contribution in [0.3, 0.4) is 0 Å². The number of pyridine rings is 1. The van der Waals surface area contributed by atoms with Crippen molar-refractivity contribution in [3.63, 3.8) is 0 Å². The quantitative estimate of drug-likeness (QED) is 0.460.